The first-order chi connectivity index (χ1) is 52.9. The fourth-order valence-electron chi connectivity index (χ4n) is 17.2. The number of benzene rings is 16. The van der Waals surface area contributed by atoms with Crippen LogP contribution < -0.4 is 9.80 Å². The van der Waals surface area contributed by atoms with Crippen LogP contribution in [0.15, 0.2) is 405 Å². The van der Waals surface area contributed by atoms with Crippen LogP contribution in [0.2, 0.25) is 0 Å². The molecule has 2 aliphatic heterocycles. The van der Waals surface area contributed by atoms with Gasteiger partial charge in [0.2, 0.25) is 0 Å². The standard InChI is InChI=1S/C50H33N3.C38H25BrN2.C13H10/c1-51-45-27-13-8-22-40(45)35-32-38(52-46-28-14-9-23-41(46)42-24-10-15-29-47(42)52)34-39(33-35)53-48-30-16-11-25-43(48)50(36-18-4-2-5-19-36,37-20-6-3-7-21-37)44-26-12-17-31-49(44)53;1-40-35-21-11-8-18-32(35)27-24-30(39)26-31(25-27)41-36-22-12-9-19-33(36)38(28-14-4-2-5-15-28,29-16-6-3-7-17-29)34-20-10-13-23-37(34)41;1-3-7-12-10(5-1)9-11-6-2-4-8-13(11)12/h2-34H;2-26H;1-8H,9H2. The summed E-state index contributed by atoms with van der Waals surface area (Å²) < 4.78 is 3.33. The van der Waals surface area contributed by atoms with Crippen LogP contribution in [0, 0.1) is 13.1 Å². The van der Waals surface area contributed by atoms with Gasteiger partial charge in [0.1, 0.15) is 0 Å². The first-order valence-corrected chi connectivity index (χ1v) is 37.0. The number of fused-ring (bicyclic) bond motifs is 10. The van der Waals surface area contributed by atoms with Crippen molar-refractivity contribution in [2.24, 2.45) is 0 Å². The van der Waals surface area contributed by atoms with E-state index in [1.54, 1.807) is 0 Å². The summed E-state index contributed by atoms with van der Waals surface area (Å²) in [6, 6.07) is 142. The van der Waals surface area contributed by atoms with Crippen molar-refractivity contribution in [3.8, 4) is 39.1 Å². The van der Waals surface area contributed by atoms with Gasteiger partial charge in [-0.05, 0) is 168 Å². The number of nitrogens with zero attached hydrogens (tertiary/aromatic N) is 5. The first kappa shape index (κ1) is 65.4. The lowest BCUT2D eigenvalue weighted by Gasteiger charge is -2.46. The smallest absolute Gasteiger partial charge is 0.194 e. The third-order valence-corrected chi connectivity index (χ3v) is 22.0. The number of hydrogen-bond acceptors (Lipinski definition) is 2. The van der Waals surface area contributed by atoms with Gasteiger partial charge in [-0.15, -0.1) is 0 Å². The molecule has 3 aliphatic rings. The molecule has 1 aromatic heterocycles. The Morgan fingerprint density at radius 3 is 0.963 bits per heavy atom. The van der Waals surface area contributed by atoms with Crippen molar-refractivity contribution in [2.45, 2.75) is 17.3 Å². The Morgan fingerprint density at radius 1 is 0.271 bits per heavy atom. The molecule has 504 valence electrons. The van der Waals surface area contributed by atoms with Gasteiger partial charge in [-0.1, -0.05) is 344 Å². The lowest BCUT2D eigenvalue weighted by Crippen LogP contribution is -2.37. The van der Waals surface area contributed by atoms with Gasteiger partial charge in [0.25, 0.3) is 0 Å². The van der Waals surface area contributed by atoms with Crippen LogP contribution in [0.1, 0.15) is 55.6 Å². The molecule has 1 aliphatic carbocycles. The zero-order chi connectivity index (χ0) is 71.8. The van der Waals surface area contributed by atoms with Crippen molar-refractivity contribution < 1.29 is 0 Å². The second-order valence-electron chi connectivity index (χ2n) is 27.3. The molecule has 0 unspecified atom stereocenters. The van der Waals surface area contributed by atoms with E-state index in [1.807, 2.05) is 42.5 Å². The largest absolute Gasteiger partial charge is 0.310 e. The summed E-state index contributed by atoms with van der Waals surface area (Å²) in [5.41, 5.74) is 29.4. The van der Waals surface area contributed by atoms with Crippen molar-refractivity contribution in [1.82, 2.24) is 4.57 Å². The molecule has 0 amide bonds. The Bertz CT molecular complexity index is 6030. The van der Waals surface area contributed by atoms with Gasteiger partial charge in [0, 0.05) is 32.3 Å². The van der Waals surface area contributed by atoms with E-state index in [9.17, 15) is 0 Å². The summed E-state index contributed by atoms with van der Waals surface area (Å²) >= 11 is 3.80. The molecule has 20 rings (SSSR count). The van der Waals surface area contributed by atoms with Crippen LogP contribution >= 0.6 is 15.9 Å². The number of para-hydroxylation sites is 8. The summed E-state index contributed by atoms with van der Waals surface area (Å²) in [5, 5.41) is 2.42. The number of halogens is 1. The summed E-state index contributed by atoms with van der Waals surface area (Å²) in [6.45, 7) is 15.8. The quantitative estimate of drug-likeness (QED) is 0.134. The van der Waals surface area contributed by atoms with Crippen molar-refractivity contribution in [1.29, 1.82) is 0 Å². The molecule has 0 saturated carbocycles. The normalized spacial score (nSPS) is 13.0. The fourth-order valence-corrected chi connectivity index (χ4v) is 17.6. The number of hydrogen-bond donors (Lipinski definition) is 0. The Hall–Kier alpha value is -13.6. The molecule has 17 aromatic rings. The summed E-state index contributed by atoms with van der Waals surface area (Å²) in [5.74, 6) is 0. The molecule has 0 atom stereocenters. The monoisotopic (exact) mass is 1430 g/mol. The molecular weight excluding hydrogens is 1360 g/mol. The molecule has 16 aromatic carbocycles. The minimum atomic E-state index is -0.559. The molecule has 0 spiro atoms. The SMILES string of the molecule is [C-]#[N+]c1ccccc1-c1cc(Br)cc(N2c3ccccc3C(c3ccccc3)(c3ccccc3)c3ccccc32)c1.[C-]#[N+]c1ccccc1-c1cc(N2c3ccccc3C(c3ccccc3)(c3ccccc3)c3ccccc32)cc(-n2c3ccccc3c3ccccc32)c1.c1ccc2c(c1)Cc1ccccc1-2. The van der Waals surface area contributed by atoms with Crippen molar-refractivity contribution in [3.05, 3.63) is 483 Å². The summed E-state index contributed by atoms with van der Waals surface area (Å²) in [6.07, 6.45) is 1.10. The Morgan fingerprint density at radius 2 is 0.570 bits per heavy atom. The van der Waals surface area contributed by atoms with E-state index in [0.29, 0.717) is 11.4 Å². The summed E-state index contributed by atoms with van der Waals surface area (Å²) in [7, 11) is 0. The Balaban J connectivity index is 0.000000132. The van der Waals surface area contributed by atoms with E-state index in [-0.39, 0.29) is 0 Å². The van der Waals surface area contributed by atoms with Crippen LogP contribution in [0.25, 0.3) is 70.6 Å². The van der Waals surface area contributed by atoms with Crippen LogP contribution in [-0.2, 0) is 17.3 Å². The number of rotatable bonds is 9. The predicted octanol–water partition coefficient (Wildman–Crippen LogP) is 27.3. The van der Waals surface area contributed by atoms with E-state index in [4.69, 9.17) is 13.1 Å². The van der Waals surface area contributed by atoms with Crippen molar-refractivity contribution in [3.63, 3.8) is 0 Å². The molecule has 107 heavy (non-hydrogen) atoms. The van der Waals surface area contributed by atoms with Gasteiger partial charge < -0.3 is 14.4 Å². The highest BCUT2D eigenvalue weighted by Gasteiger charge is 2.48. The maximum absolute atomic E-state index is 8.10. The second kappa shape index (κ2) is 27.9. The van der Waals surface area contributed by atoms with Crippen molar-refractivity contribution in [2.75, 3.05) is 9.80 Å². The average molecular weight is 1430 g/mol. The van der Waals surface area contributed by atoms with Gasteiger partial charge in [-0.3, -0.25) is 0 Å². The highest BCUT2D eigenvalue weighted by Crippen LogP contribution is 2.60. The summed E-state index contributed by atoms with van der Waals surface area (Å²) in [4.78, 5) is 12.6. The maximum atomic E-state index is 8.10. The zero-order valence-corrected chi connectivity index (χ0v) is 60.0. The second-order valence-corrected chi connectivity index (χ2v) is 28.2. The molecule has 6 heteroatoms. The minimum Gasteiger partial charge on any atom is -0.310 e. The van der Waals surface area contributed by atoms with E-state index in [0.717, 1.165) is 84.0 Å². The zero-order valence-electron chi connectivity index (χ0n) is 58.4. The molecule has 5 nitrogen and oxygen atoms in total. The molecule has 0 bridgehead atoms. The van der Waals surface area contributed by atoms with Crippen LogP contribution in [0.3, 0.4) is 0 Å². The van der Waals surface area contributed by atoms with Gasteiger partial charge >= 0.3 is 0 Å². The molecule has 0 radical (unpaired) electrons. The Labute approximate surface area is 632 Å². The highest BCUT2D eigenvalue weighted by atomic mass is 79.9. The van der Waals surface area contributed by atoms with Crippen LogP contribution in [-0.4, -0.2) is 4.57 Å². The van der Waals surface area contributed by atoms with Crippen LogP contribution in [0.5, 0.6) is 0 Å². The molecule has 0 N–H and O–H groups in total. The van der Waals surface area contributed by atoms with E-state index >= 15 is 0 Å². The minimum absolute atomic E-state index is 0.502. The lowest BCUT2D eigenvalue weighted by molar-refractivity contribution is 0.731. The lowest BCUT2D eigenvalue weighted by atomic mass is 9.62. The predicted molar refractivity (Wildman–Crippen MR) is 446 cm³/mol. The third kappa shape index (κ3) is 11.1. The van der Waals surface area contributed by atoms with E-state index < -0.39 is 10.8 Å². The maximum Gasteiger partial charge on any atom is 0.194 e. The average Bonchev–Trinajstić information content (AvgIpc) is 1.21. The van der Waals surface area contributed by atoms with Gasteiger partial charge in [0.05, 0.1) is 57.8 Å². The van der Waals surface area contributed by atoms with Gasteiger partial charge in [-0.2, -0.15) is 0 Å². The Kier molecular flexibility index (Phi) is 17.0. The van der Waals surface area contributed by atoms with E-state index in [2.05, 4.69) is 398 Å². The van der Waals surface area contributed by atoms with Crippen molar-refractivity contribution >= 4 is 83.2 Å². The van der Waals surface area contributed by atoms with E-state index in [1.165, 1.54) is 77.5 Å². The highest BCUT2D eigenvalue weighted by molar-refractivity contribution is 9.10. The van der Waals surface area contributed by atoms with Crippen LogP contribution in [0.4, 0.5) is 45.5 Å². The molecule has 0 saturated heterocycles. The molecular formula is C101H68BrN5. The first-order valence-electron chi connectivity index (χ1n) is 36.2. The molecule has 3 heterocycles. The van der Waals surface area contributed by atoms with Gasteiger partial charge in [0.15, 0.2) is 11.4 Å². The topological polar surface area (TPSA) is 20.1 Å². The van der Waals surface area contributed by atoms with Gasteiger partial charge in [-0.25, -0.2) is 9.69 Å². The number of anilines is 6. The molecule has 0 fully saturated rings. The third-order valence-electron chi connectivity index (χ3n) is 21.5. The fraction of sp³-hybridized carbons (Fsp3) is 0.0297. The number of aromatic nitrogens is 1.